The van der Waals surface area contributed by atoms with Crippen LogP contribution in [-0.2, 0) is 6.54 Å². The van der Waals surface area contributed by atoms with E-state index in [2.05, 4.69) is 10.3 Å². The van der Waals surface area contributed by atoms with Crippen LogP contribution in [-0.4, -0.2) is 12.0 Å². The van der Waals surface area contributed by atoms with Crippen molar-refractivity contribution in [2.75, 3.05) is 7.05 Å². The van der Waals surface area contributed by atoms with Crippen LogP contribution in [0.15, 0.2) is 30.5 Å². The number of benzene rings is 1. The molecule has 5 heteroatoms. The fourth-order valence-electron chi connectivity index (χ4n) is 1.70. The minimum absolute atomic E-state index is 0.125. The Labute approximate surface area is 110 Å². The highest BCUT2D eigenvalue weighted by molar-refractivity contribution is 5.37. The van der Waals surface area contributed by atoms with Gasteiger partial charge < -0.3 is 10.1 Å². The summed E-state index contributed by atoms with van der Waals surface area (Å²) in [7, 11) is 1.80. The molecule has 2 rings (SSSR count). The van der Waals surface area contributed by atoms with Gasteiger partial charge >= 0.3 is 0 Å². The summed E-state index contributed by atoms with van der Waals surface area (Å²) in [5, 5.41) is 2.98. The van der Waals surface area contributed by atoms with Crippen LogP contribution in [0, 0.1) is 18.6 Å². The summed E-state index contributed by atoms with van der Waals surface area (Å²) in [5.74, 6) is -0.681. The molecular weight excluding hydrogens is 250 g/mol. The molecule has 1 aromatic heterocycles. The fourth-order valence-corrected chi connectivity index (χ4v) is 1.70. The molecule has 0 atom stereocenters. The first-order chi connectivity index (χ1) is 9.08. The van der Waals surface area contributed by atoms with Gasteiger partial charge in [0.1, 0.15) is 23.1 Å². The van der Waals surface area contributed by atoms with Crippen LogP contribution in [0.1, 0.15) is 11.3 Å². The largest absolute Gasteiger partial charge is 0.457 e. The Morgan fingerprint density at radius 1 is 1.16 bits per heavy atom. The second-order valence-electron chi connectivity index (χ2n) is 4.17. The molecule has 0 bridgehead atoms. The third-order valence-electron chi connectivity index (χ3n) is 2.51. The molecule has 0 spiro atoms. The Balaban J connectivity index is 2.33. The van der Waals surface area contributed by atoms with Crippen molar-refractivity contribution in [1.82, 2.24) is 10.3 Å². The third-order valence-corrected chi connectivity index (χ3v) is 2.51. The van der Waals surface area contributed by atoms with E-state index in [1.807, 2.05) is 6.92 Å². The number of pyridine rings is 1. The van der Waals surface area contributed by atoms with Gasteiger partial charge in [-0.25, -0.2) is 8.78 Å². The summed E-state index contributed by atoms with van der Waals surface area (Å²) in [4.78, 5) is 4.17. The molecular formula is C14H14F2N2O. The minimum Gasteiger partial charge on any atom is -0.457 e. The van der Waals surface area contributed by atoms with E-state index in [1.165, 1.54) is 0 Å². The fraction of sp³-hybridized carbons (Fsp3) is 0.214. The molecule has 0 aliphatic heterocycles. The summed E-state index contributed by atoms with van der Waals surface area (Å²) in [6.07, 6.45) is 1.68. The predicted octanol–water partition coefficient (Wildman–Crippen LogP) is 3.18. The molecule has 0 fully saturated rings. The molecule has 0 aliphatic rings. The molecule has 0 radical (unpaired) electrons. The molecule has 1 aromatic carbocycles. The summed E-state index contributed by atoms with van der Waals surface area (Å²) in [6, 6.07) is 4.82. The van der Waals surface area contributed by atoms with E-state index < -0.39 is 11.6 Å². The third kappa shape index (κ3) is 3.48. The normalized spacial score (nSPS) is 10.5. The van der Waals surface area contributed by atoms with Gasteiger partial charge in [0.25, 0.3) is 0 Å². The molecule has 0 saturated carbocycles. The van der Waals surface area contributed by atoms with E-state index in [1.54, 1.807) is 19.3 Å². The van der Waals surface area contributed by atoms with Gasteiger partial charge in [-0.1, -0.05) is 0 Å². The average molecular weight is 264 g/mol. The zero-order valence-electron chi connectivity index (χ0n) is 10.7. The van der Waals surface area contributed by atoms with Crippen LogP contribution in [0.3, 0.4) is 0 Å². The van der Waals surface area contributed by atoms with Gasteiger partial charge in [0, 0.05) is 48.3 Å². The number of aromatic nitrogens is 1. The predicted molar refractivity (Wildman–Crippen MR) is 68.2 cm³/mol. The van der Waals surface area contributed by atoms with Gasteiger partial charge in [-0.2, -0.15) is 0 Å². The van der Waals surface area contributed by atoms with Crippen molar-refractivity contribution in [1.29, 1.82) is 0 Å². The van der Waals surface area contributed by atoms with Crippen molar-refractivity contribution < 1.29 is 13.5 Å². The first-order valence-corrected chi connectivity index (χ1v) is 5.82. The number of ether oxygens (including phenoxy) is 1. The molecule has 2 aromatic rings. The Bertz CT molecular complexity index is 567. The SMILES string of the molecule is CNCc1cnc(C)cc1Oc1cc(F)cc(F)c1. The minimum atomic E-state index is -0.670. The summed E-state index contributed by atoms with van der Waals surface area (Å²) in [5.41, 5.74) is 1.59. The molecule has 0 aliphatic carbocycles. The first kappa shape index (κ1) is 13.4. The first-order valence-electron chi connectivity index (χ1n) is 5.82. The number of hydrogen-bond acceptors (Lipinski definition) is 3. The van der Waals surface area contributed by atoms with Crippen molar-refractivity contribution in [3.63, 3.8) is 0 Å². The summed E-state index contributed by atoms with van der Waals surface area (Å²) in [6.45, 7) is 2.38. The molecule has 3 nitrogen and oxygen atoms in total. The van der Waals surface area contributed by atoms with E-state index >= 15 is 0 Å². The van der Waals surface area contributed by atoms with E-state index in [4.69, 9.17) is 4.74 Å². The summed E-state index contributed by atoms with van der Waals surface area (Å²) < 4.78 is 31.8. The van der Waals surface area contributed by atoms with Crippen molar-refractivity contribution in [2.45, 2.75) is 13.5 Å². The van der Waals surface area contributed by atoms with Crippen molar-refractivity contribution in [3.05, 3.63) is 53.4 Å². The quantitative estimate of drug-likeness (QED) is 0.921. The van der Waals surface area contributed by atoms with Gasteiger partial charge in [-0.3, -0.25) is 4.98 Å². The lowest BCUT2D eigenvalue weighted by atomic mass is 10.2. The monoisotopic (exact) mass is 264 g/mol. The Hall–Kier alpha value is -2.01. The topological polar surface area (TPSA) is 34.2 Å². The van der Waals surface area contributed by atoms with E-state index in [0.717, 1.165) is 29.5 Å². The highest BCUT2D eigenvalue weighted by atomic mass is 19.1. The molecule has 19 heavy (non-hydrogen) atoms. The van der Waals surface area contributed by atoms with Gasteiger partial charge in [-0.05, 0) is 14.0 Å². The molecule has 1 heterocycles. The van der Waals surface area contributed by atoms with Gasteiger partial charge in [0.15, 0.2) is 0 Å². The molecule has 1 N–H and O–H groups in total. The van der Waals surface area contributed by atoms with Gasteiger partial charge in [0.2, 0.25) is 0 Å². The lowest BCUT2D eigenvalue weighted by Crippen LogP contribution is -2.07. The standard InChI is InChI=1S/C14H14F2N2O/c1-9-3-14(10(7-17-2)8-18-9)19-13-5-11(15)4-12(16)6-13/h3-6,8,17H,7H2,1-2H3. The number of rotatable bonds is 4. The average Bonchev–Trinajstić information content (AvgIpc) is 2.31. The zero-order valence-corrected chi connectivity index (χ0v) is 10.7. The maximum atomic E-state index is 13.1. The lowest BCUT2D eigenvalue weighted by Gasteiger charge is -2.11. The Morgan fingerprint density at radius 3 is 2.47 bits per heavy atom. The number of nitrogens with zero attached hydrogens (tertiary/aromatic N) is 1. The van der Waals surface area contributed by atoms with Crippen LogP contribution in [0.2, 0.25) is 0 Å². The van der Waals surface area contributed by atoms with Crippen molar-refractivity contribution in [3.8, 4) is 11.5 Å². The molecule has 0 amide bonds. The molecule has 0 saturated heterocycles. The van der Waals surface area contributed by atoms with E-state index in [-0.39, 0.29) is 5.75 Å². The highest BCUT2D eigenvalue weighted by Crippen LogP contribution is 2.26. The number of halogens is 2. The van der Waals surface area contributed by atoms with E-state index in [9.17, 15) is 8.78 Å². The molecule has 100 valence electrons. The van der Waals surface area contributed by atoms with Crippen molar-refractivity contribution in [2.24, 2.45) is 0 Å². The second-order valence-corrected chi connectivity index (χ2v) is 4.17. The maximum absolute atomic E-state index is 13.1. The van der Waals surface area contributed by atoms with Crippen LogP contribution in [0.4, 0.5) is 8.78 Å². The Morgan fingerprint density at radius 2 is 1.84 bits per heavy atom. The highest BCUT2D eigenvalue weighted by Gasteiger charge is 2.08. The maximum Gasteiger partial charge on any atom is 0.135 e. The lowest BCUT2D eigenvalue weighted by molar-refractivity contribution is 0.460. The van der Waals surface area contributed by atoms with Crippen molar-refractivity contribution >= 4 is 0 Å². The molecule has 0 unspecified atom stereocenters. The second kappa shape index (κ2) is 5.75. The van der Waals surface area contributed by atoms with Crippen LogP contribution in [0.25, 0.3) is 0 Å². The van der Waals surface area contributed by atoms with Crippen LogP contribution < -0.4 is 10.1 Å². The number of aryl methyl sites for hydroxylation is 1. The van der Waals surface area contributed by atoms with Crippen LogP contribution in [0.5, 0.6) is 11.5 Å². The smallest absolute Gasteiger partial charge is 0.135 e. The summed E-state index contributed by atoms with van der Waals surface area (Å²) >= 11 is 0. The van der Waals surface area contributed by atoms with Gasteiger partial charge in [0.05, 0.1) is 0 Å². The van der Waals surface area contributed by atoms with E-state index in [0.29, 0.717) is 12.3 Å². The number of hydrogen-bond donors (Lipinski definition) is 1. The van der Waals surface area contributed by atoms with Gasteiger partial charge in [-0.15, -0.1) is 0 Å². The number of nitrogens with one attached hydrogen (secondary N) is 1. The Kier molecular flexibility index (Phi) is 4.06. The van der Waals surface area contributed by atoms with Crippen LogP contribution >= 0.6 is 0 Å². The zero-order chi connectivity index (χ0) is 13.8.